The Hall–Kier alpha value is -4.24. The van der Waals surface area contributed by atoms with E-state index in [0.717, 1.165) is 16.1 Å². The maximum Gasteiger partial charge on any atom is 0.337 e. The summed E-state index contributed by atoms with van der Waals surface area (Å²) in [6.45, 7) is 1.80. The van der Waals surface area contributed by atoms with Gasteiger partial charge in [0.05, 0.1) is 17.6 Å². The van der Waals surface area contributed by atoms with Crippen molar-refractivity contribution in [1.82, 2.24) is 5.32 Å². The SMILES string of the molecule is COc1ccc(COC(=O)C2=C(C)NC3=C(C(=O)C[C@H](c4cccs4)C3)[C@@H]2c2cccc([N+](=O)[O-])c2)cc1. The minimum atomic E-state index is -0.772. The molecule has 2 aliphatic rings. The number of esters is 1. The third kappa shape index (κ3) is 4.97. The summed E-state index contributed by atoms with van der Waals surface area (Å²) in [6, 6.07) is 17.3. The van der Waals surface area contributed by atoms with E-state index in [1.54, 1.807) is 61.8 Å². The molecule has 0 saturated carbocycles. The highest BCUT2D eigenvalue weighted by atomic mass is 32.1. The van der Waals surface area contributed by atoms with E-state index in [9.17, 15) is 19.7 Å². The van der Waals surface area contributed by atoms with E-state index in [2.05, 4.69) is 5.32 Å². The molecule has 1 N–H and O–H groups in total. The van der Waals surface area contributed by atoms with Crippen LogP contribution < -0.4 is 10.1 Å². The van der Waals surface area contributed by atoms with Gasteiger partial charge < -0.3 is 14.8 Å². The van der Waals surface area contributed by atoms with Crippen LogP contribution in [0, 0.1) is 10.1 Å². The number of thiophene rings is 1. The van der Waals surface area contributed by atoms with Gasteiger partial charge in [-0.1, -0.05) is 30.3 Å². The lowest BCUT2D eigenvalue weighted by molar-refractivity contribution is -0.384. The molecule has 3 aromatic rings. The van der Waals surface area contributed by atoms with Gasteiger partial charge in [-0.05, 0) is 48.1 Å². The summed E-state index contributed by atoms with van der Waals surface area (Å²) in [6.07, 6.45) is 0.915. The lowest BCUT2D eigenvalue weighted by Crippen LogP contribution is -2.36. The summed E-state index contributed by atoms with van der Waals surface area (Å²) in [5.41, 5.74) is 3.25. The summed E-state index contributed by atoms with van der Waals surface area (Å²) >= 11 is 1.61. The monoisotopic (exact) mass is 530 g/mol. The number of ketones is 1. The lowest BCUT2D eigenvalue weighted by atomic mass is 9.72. The molecule has 0 bridgehead atoms. The number of allylic oxidation sites excluding steroid dienone is 3. The number of hydrogen-bond acceptors (Lipinski definition) is 8. The molecule has 0 saturated heterocycles. The van der Waals surface area contributed by atoms with Crippen molar-refractivity contribution in [2.24, 2.45) is 0 Å². The molecule has 2 heterocycles. The van der Waals surface area contributed by atoms with Crippen LogP contribution >= 0.6 is 11.3 Å². The van der Waals surface area contributed by atoms with E-state index in [1.807, 2.05) is 17.5 Å². The third-order valence-electron chi connectivity index (χ3n) is 6.94. The van der Waals surface area contributed by atoms with Gasteiger partial charge in [-0.15, -0.1) is 11.3 Å². The molecule has 194 valence electrons. The Balaban J connectivity index is 1.51. The normalized spacial score (nSPS) is 19.1. The van der Waals surface area contributed by atoms with Crippen LogP contribution in [0.15, 0.2) is 88.6 Å². The van der Waals surface area contributed by atoms with E-state index >= 15 is 0 Å². The number of ether oxygens (including phenoxy) is 2. The van der Waals surface area contributed by atoms with Crippen molar-refractivity contribution >= 4 is 28.8 Å². The highest BCUT2D eigenvalue weighted by Gasteiger charge is 2.42. The Morgan fingerprint density at radius 2 is 1.92 bits per heavy atom. The molecule has 38 heavy (non-hydrogen) atoms. The Labute approximate surface area is 223 Å². The van der Waals surface area contributed by atoms with Crippen molar-refractivity contribution in [2.45, 2.75) is 38.2 Å². The first kappa shape index (κ1) is 25.4. The van der Waals surface area contributed by atoms with Crippen molar-refractivity contribution in [3.63, 3.8) is 0 Å². The minimum Gasteiger partial charge on any atom is -0.497 e. The van der Waals surface area contributed by atoms with E-state index in [1.165, 1.54) is 12.1 Å². The summed E-state index contributed by atoms with van der Waals surface area (Å²) in [4.78, 5) is 39.4. The van der Waals surface area contributed by atoms with Gasteiger partial charge in [0.15, 0.2) is 5.78 Å². The molecule has 0 spiro atoms. The first-order valence-electron chi connectivity index (χ1n) is 12.2. The third-order valence-corrected chi connectivity index (χ3v) is 7.97. The number of methoxy groups -OCH3 is 1. The molecule has 2 atom stereocenters. The van der Waals surface area contributed by atoms with Gasteiger partial charge in [0.1, 0.15) is 12.4 Å². The molecule has 2 aromatic carbocycles. The number of nitro benzene ring substituents is 1. The molecule has 5 rings (SSSR count). The maximum absolute atomic E-state index is 13.6. The van der Waals surface area contributed by atoms with Crippen LogP contribution in [0.3, 0.4) is 0 Å². The molecule has 0 amide bonds. The van der Waals surface area contributed by atoms with Crippen LogP contribution in [0.2, 0.25) is 0 Å². The zero-order valence-corrected chi connectivity index (χ0v) is 21.7. The van der Waals surface area contributed by atoms with E-state index < -0.39 is 16.8 Å². The number of non-ortho nitro benzene ring substituents is 1. The molecule has 1 aromatic heterocycles. The van der Waals surface area contributed by atoms with Crippen molar-refractivity contribution in [3.8, 4) is 5.75 Å². The summed E-state index contributed by atoms with van der Waals surface area (Å²) in [5, 5.41) is 16.9. The summed E-state index contributed by atoms with van der Waals surface area (Å²) in [5.74, 6) is -0.706. The van der Waals surface area contributed by atoms with Crippen molar-refractivity contribution in [1.29, 1.82) is 0 Å². The molecule has 0 unspecified atom stereocenters. The number of nitro groups is 1. The van der Waals surface area contributed by atoms with Crippen LogP contribution in [0.4, 0.5) is 5.69 Å². The molecular weight excluding hydrogens is 504 g/mol. The number of rotatable bonds is 7. The van der Waals surface area contributed by atoms with Crippen LogP contribution in [-0.2, 0) is 20.9 Å². The number of carbonyl (C=O) groups excluding carboxylic acids is 2. The number of Topliss-reactive ketones (excluding diaryl/α,β-unsaturated/α-hetero) is 1. The average Bonchev–Trinajstić information content (AvgIpc) is 3.46. The molecule has 0 fully saturated rings. The van der Waals surface area contributed by atoms with Gasteiger partial charge in [-0.2, -0.15) is 0 Å². The topological polar surface area (TPSA) is 108 Å². The summed E-state index contributed by atoms with van der Waals surface area (Å²) in [7, 11) is 1.58. The second-order valence-corrected chi connectivity index (χ2v) is 10.3. The number of nitrogens with one attached hydrogen (secondary N) is 1. The lowest BCUT2D eigenvalue weighted by Gasteiger charge is -2.36. The van der Waals surface area contributed by atoms with Crippen LogP contribution in [0.5, 0.6) is 5.75 Å². The zero-order chi connectivity index (χ0) is 26.8. The first-order valence-corrected chi connectivity index (χ1v) is 13.1. The average molecular weight is 531 g/mol. The largest absolute Gasteiger partial charge is 0.497 e. The Morgan fingerprint density at radius 3 is 2.61 bits per heavy atom. The van der Waals surface area contributed by atoms with Gasteiger partial charge in [0.2, 0.25) is 0 Å². The van der Waals surface area contributed by atoms with Gasteiger partial charge >= 0.3 is 5.97 Å². The predicted molar refractivity (Wildman–Crippen MR) is 143 cm³/mol. The number of carbonyl (C=O) groups is 2. The van der Waals surface area contributed by atoms with Gasteiger partial charge in [-0.3, -0.25) is 14.9 Å². The van der Waals surface area contributed by atoms with Crippen molar-refractivity contribution in [3.05, 3.63) is 115 Å². The molecule has 1 aliphatic heterocycles. The van der Waals surface area contributed by atoms with Crippen molar-refractivity contribution in [2.75, 3.05) is 7.11 Å². The predicted octanol–water partition coefficient (Wildman–Crippen LogP) is 5.77. The number of dihydropyridines is 1. The molecule has 1 aliphatic carbocycles. The fourth-order valence-corrected chi connectivity index (χ4v) is 5.96. The highest BCUT2D eigenvalue weighted by Crippen LogP contribution is 2.46. The van der Waals surface area contributed by atoms with E-state index in [0.29, 0.717) is 35.4 Å². The molecular formula is C29H26N2O6S. The van der Waals surface area contributed by atoms with Gasteiger partial charge in [0, 0.05) is 52.2 Å². The van der Waals surface area contributed by atoms with Gasteiger partial charge in [-0.25, -0.2) is 4.79 Å². The van der Waals surface area contributed by atoms with Crippen molar-refractivity contribution < 1.29 is 24.0 Å². The Morgan fingerprint density at radius 1 is 1.13 bits per heavy atom. The highest BCUT2D eigenvalue weighted by molar-refractivity contribution is 7.10. The molecule has 8 nitrogen and oxygen atoms in total. The number of benzene rings is 2. The molecule has 9 heteroatoms. The second kappa shape index (κ2) is 10.6. The van der Waals surface area contributed by atoms with E-state index in [4.69, 9.17) is 9.47 Å². The first-order chi connectivity index (χ1) is 18.4. The Kier molecular flexibility index (Phi) is 7.11. The smallest absolute Gasteiger partial charge is 0.337 e. The quantitative estimate of drug-likeness (QED) is 0.235. The fourth-order valence-electron chi connectivity index (χ4n) is 5.13. The Bertz CT molecular complexity index is 1460. The fraction of sp³-hybridized carbons (Fsp3) is 0.241. The second-order valence-electron chi connectivity index (χ2n) is 9.31. The minimum absolute atomic E-state index is 0.0293. The number of nitrogens with zero attached hydrogens (tertiary/aromatic N) is 1. The molecule has 0 radical (unpaired) electrons. The zero-order valence-electron chi connectivity index (χ0n) is 20.9. The van der Waals surface area contributed by atoms with Gasteiger partial charge in [0.25, 0.3) is 5.69 Å². The number of hydrogen-bond donors (Lipinski definition) is 1. The van der Waals surface area contributed by atoms with Crippen LogP contribution in [0.25, 0.3) is 0 Å². The summed E-state index contributed by atoms with van der Waals surface area (Å²) < 4.78 is 10.9. The van der Waals surface area contributed by atoms with Crippen LogP contribution in [0.1, 0.15) is 47.6 Å². The van der Waals surface area contributed by atoms with E-state index in [-0.39, 0.29) is 29.6 Å². The van der Waals surface area contributed by atoms with Crippen LogP contribution in [-0.4, -0.2) is 23.8 Å². The standard InChI is InChI=1S/C29H26N2O6S/c1-17-26(29(33)37-16-18-8-10-22(36-2)11-9-18)27(19-5-3-6-21(13-19)31(34)35)28-23(30-17)14-20(15-24(28)32)25-7-4-12-38-25/h3-13,20,27,30H,14-16H2,1-2H3/t20-,27-/m1/s1. The maximum atomic E-state index is 13.6.